The molecule has 0 amide bonds. The molecule has 124 valence electrons. The number of ether oxygens (including phenoxy) is 1. The van der Waals surface area contributed by atoms with Gasteiger partial charge in [-0.15, -0.1) is 0 Å². The Hall–Kier alpha value is -1.29. The normalized spacial score (nSPS) is 21.5. The van der Waals surface area contributed by atoms with Crippen molar-refractivity contribution in [1.82, 2.24) is 0 Å². The zero-order valence-electron chi connectivity index (χ0n) is 13.9. The summed E-state index contributed by atoms with van der Waals surface area (Å²) in [5.41, 5.74) is 0. The van der Waals surface area contributed by atoms with E-state index in [-0.39, 0.29) is 0 Å². The van der Waals surface area contributed by atoms with Gasteiger partial charge in [-0.05, 0) is 24.3 Å². The SMILES string of the molecule is C[NH+]1CC[NH+](CCCCOc2ccc3ccccc3c2Cl)CC1. The molecule has 0 atom stereocenters. The fraction of sp³-hybridized carbons (Fsp3) is 0.474. The van der Waals surface area contributed by atoms with Gasteiger partial charge in [-0.3, -0.25) is 0 Å². The maximum Gasteiger partial charge on any atom is 0.138 e. The summed E-state index contributed by atoms with van der Waals surface area (Å²) in [6.07, 6.45) is 2.31. The first-order chi connectivity index (χ1) is 11.2. The third-order valence-electron chi connectivity index (χ3n) is 4.82. The molecule has 2 N–H and O–H groups in total. The standard InChI is InChI=1S/C19H25ClN2O/c1-21-11-13-22(14-12-21)10-4-5-15-23-18-9-8-16-6-2-3-7-17(16)19(18)20/h2-3,6-9H,4-5,10-15H2,1H3/p+2. The molecular weight excluding hydrogens is 308 g/mol. The topological polar surface area (TPSA) is 18.1 Å². The number of quaternary nitrogens is 2. The molecule has 1 saturated heterocycles. The van der Waals surface area contributed by atoms with Crippen molar-refractivity contribution in [2.24, 2.45) is 0 Å². The highest BCUT2D eigenvalue weighted by molar-refractivity contribution is 6.37. The van der Waals surface area contributed by atoms with Crippen molar-refractivity contribution in [3.8, 4) is 5.75 Å². The van der Waals surface area contributed by atoms with E-state index < -0.39 is 0 Å². The molecule has 1 aliphatic rings. The quantitative estimate of drug-likeness (QED) is 0.756. The van der Waals surface area contributed by atoms with Crippen molar-refractivity contribution in [2.75, 3.05) is 46.4 Å². The van der Waals surface area contributed by atoms with Gasteiger partial charge in [0.05, 0.1) is 25.2 Å². The lowest BCUT2D eigenvalue weighted by Gasteiger charge is -2.27. The van der Waals surface area contributed by atoms with Crippen LogP contribution < -0.4 is 14.5 Å². The fourth-order valence-corrected chi connectivity index (χ4v) is 3.55. The van der Waals surface area contributed by atoms with E-state index in [0.717, 1.165) is 34.6 Å². The maximum absolute atomic E-state index is 6.46. The number of fused-ring (bicyclic) bond motifs is 1. The molecule has 0 aromatic heterocycles. The summed E-state index contributed by atoms with van der Waals surface area (Å²) in [4.78, 5) is 3.42. The zero-order chi connectivity index (χ0) is 16.1. The molecule has 0 aliphatic carbocycles. The summed E-state index contributed by atoms with van der Waals surface area (Å²) in [5.74, 6) is 0.806. The third kappa shape index (κ3) is 4.37. The van der Waals surface area contributed by atoms with Crippen LogP contribution in [0.3, 0.4) is 0 Å². The van der Waals surface area contributed by atoms with Gasteiger partial charge >= 0.3 is 0 Å². The fourth-order valence-electron chi connectivity index (χ4n) is 3.26. The second kappa shape index (κ2) is 8.00. The highest BCUT2D eigenvalue weighted by Gasteiger charge is 2.18. The summed E-state index contributed by atoms with van der Waals surface area (Å²) in [6, 6.07) is 12.2. The summed E-state index contributed by atoms with van der Waals surface area (Å²) in [6.45, 7) is 7.24. The molecule has 0 unspecified atom stereocenters. The van der Waals surface area contributed by atoms with E-state index in [1.165, 1.54) is 39.1 Å². The minimum absolute atomic E-state index is 0.732. The van der Waals surface area contributed by atoms with Crippen LogP contribution >= 0.6 is 11.6 Å². The van der Waals surface area contributed by atoms with Gasteiger partial charge in [-0.25, -0.2) is 0 Å². The Kier molecular flexibility index (Phi) is 5.76. The van der Waals surface area contributed by atoms with E-state index in [4.69, 9.17) is 16.3 Å². The smallest absolute Gasteiger partial charge is 0.138 e. The molecule has 1 heterocycles. The first-order valence-corrected chi connectivity index (χ1v) is 9.07. The van der Waals surface area contributed by atoms with Crippen LogP contribution in [0.25, 0.3) is 10.8 Å². The van der Waals surface area contributed by atoms with Gasteiger partial charge < -0.3 is 14.5 Å². The third-order valence-corrected chi connectivity index (χ3v) is 5.21. The van der Waals surface area contributed by atoms with E-state index >= 15 is 0 Å². The average Bonchev–Trinajstić information content (AvgIpc) is 2.58. The molecule has 0 radical (unpaired) electrons. The number of piperazine rings is 1. The van der Waals surface area contributed by atoms with Gasteiger partial charge in [-0.2, -0.15) is 0 Å². The Bertz CT molecular complexity index is 638. The van der Waals surface area contributed by atoms with Crippen molar-refractivity contribution >= 4 is 22.4 Å². The molecule has 0 spiro atoms. The molecule has 3 nitrogen and oxygen atoms in total. The Morgan fingerprint density at radius 1 is 1.00 bits per heavy atom. The van der Waals surface area contributed by atoms with E-state index in [0.29, 0.717) is 0 Å². The Balaban J connectivity index is 1.43. The number of nitrogens with one attached hydrogen (secondary N) is 2. The van der Waals surface area contributed by atoms with Crippen LogP contribution in [0.5, 0.6) is 5.75 Å². The average molecular weight is 335 g/mol. The van der Waals surface area contributed by atoms with Crippen molar-refractivity contribution in [1.29, 1.82) is 0 Å². The predicted octanol–water partition coefficient (Wildman–Crippen LogP) is 1.07. The molecule has 1 aliphatic heterocycles. The van der Waals surface area contributed by atoms with E-state index in [9.17, 15) is 0 Å². The second-order valence-corrected chi connectivity index (χ2v) is 6.99. The van der Waals surface area contributed by atoms with E-state index in [1.54, 1.807) is 9.80 Å². The van der Waals surface area contributed by atoms with Gasteiger partial charge in [0, 0.05) is 5.39 Å². The van der Waals surface area contributed by atoms with Crippen molar-refractivity contribution < 1.29 is 14.5 Å². The van der Waals surface area contributed by atoms with Crippen LogP contribution in [0, 0.1) is 0 Å². The first kappa shape index (κ1) is 16.6. The van der Waals surface area contributed by atoms with Gasteiger partial charge in [0.1, 0.15) is 31.9 Å². The van der Waals surface area contributed by atoms with Crippen LogP contribution in [0.4, 0.5) is 0 Å². The van der Waals surface area contributed by atoms with Crippen LogP contribution in [0.2, 0.25) is 5.02 Å². The van der Waals surface area contributed by atoms with Crippen molar-refractivity contribution in [3.05, 3.63) is 41.4 Å². The van der Waals surface area contributed by atoms with Gasteiger partial charge in [-0.1, -0.05) is 41.9 Å². The molecule has 1 fully saturated rings. The summed E-state index contributed by atoms with van der Waals surface area (Å²) < 4.78 is 5.91. The summed E-state index contributed by atoms with van der Waals surface area (Å²) in [7, 11) is 2.29. The molecule has 2 aromatic carbocycles. The largest absolute Gasteiger partial charge is 0.492 e. The highest BCUT2D eigenvalue weighted by Crippen LogP contribution is 2.32. The van der Waals surface area contributed by atoms with Crippen molar-refractivity contribution in [2.45, 2.75) is 12.8 Å². The molecule has 23 heavy (non-hydrogen) atoms. The number of hydrogen-bond donors (Lipinski definition) is 2. The number of halogens is 1. The summed E-state index contributed by atoms with van der Waals surface area (Å²) >= 11 is 6.46. The van der Waals surface area contributed by atoms with Gasteiger partial charge in [0.2, 0.25) is 0 Å². The molecular formula is C19H27ClN2O+2. The molecule has 0 saturated carbocycles. The van der Waals surface area contributed by atoms with Gasteiger partial charge in [0.25, 0.3) is 0 Å². The monoisotopic (exact) mass is 334 g/mol. The first-order valence-electron chi connectivity index (χ1n) is 8.69. The molecule has 4 heteroatoms. The Morgan fingerprint density at radius 2 is 1.78 bits per heavy atom. The lowest BCUT2D eigenvalue weighted by molar-refractivity contribution is -1.00. The number of unbranched alkanes of at least 4 members (excludes halogenated alkanes) is 1. The van der Waals surface area contributed by atoms with Crippen LogP contribution in [0.15, 0.2) is 36.4 Å². The lowest BCUT2D eigenvalue weighted by Crippen LogP contribution is -3.27. The summed E-state index contributed by atoms with van der Waals surface area (Å²) in [5, 5.41) is 2.96. The number of hydrogen-bond acceptors (Lipinski definition) is 1. The van der Waals surface area contributed by atoms with Gasteiger partial charge in [0.15, 0.2) is 0 Å². The van der Waals surface area contributed by atoms with Crippen molar-refractivity contribution in [3.63, 3.8) is 0 Å². The van der Waals surface area contributed by atoms with Crippen LogP contribution in [-0.2, 0) is 0 Å². The second-order valence-electron chi connectivity index (χ2n) is 6.61. The molecule has 0 bridgehead atoms. The number of benzene rings is 2. The number of rotatable bonds is 6. The minimum Gasteiger partial charge on any atom is -0.492 e. The number of likely N-dealkylation sites (N-methyl/N-ethyl adjacent to an activating group) is 1. The molecule has 3 rings (SSSR count). The highest BCUT2D eigenvalue weighted by atomic mass is 35.5. The van der Waals surface area contributed by atoms with Crippen LogP contribution in [0.1, 0.15) is 12.8 Å². The lowest BCUT2D eigenvalue weighted by atomic mass is 10.1. The maximum atomic E-state index is 6.46. The zero-order valence-corrected chi connectivity index (χ0v) is 14.7. The van der Waals surface area contributed by atoms with Crippen LogP contribution in [-0.4, -0.2) is 46.4 Å². The van der Waals surface area contributed by atoms with E-state index in [2.05, 4.69) is 19.2 Å². The minimum atomic E-state index is 0.732. The Morgan fingerprint density at radius 3 is 2.61 bits per heavy atom. The predicted molar refractivity (Wildman–Crippen MR) is 95.9 cm³/mol. The molecule has 2 aromatic rings. The van der Waals surface area contributed by atoms with E-state index in [1.807, 2.05) is 24.3 Å². The Labute approximate surface area is 143 Å².